The molecule has 3 N–H and O–H groups in total. The van der Waals surface area contributed by atoms with Gasteiger partial charge in [-0.25, -0.2) is 0 Å². The molecule has 140 valence electrons. The van der Waals surface area contributed by atoms with E-state index in [1.54, 1.807) is 24.3 Å². The van der Waals surface area contributed by atoms with E-state index in [-0.39, 0.29) is 5.91 Å². The summed E-state index contributed by atoms with van der Waals surface area (Å²) < 4.78 is 0. The van der Waals surface area contributed by atoms with Gasteiger partial charge in [0.05, 0.1) is 0 Å². The van der Waals surface area contributed by atoms with Crippen LogP contribution in [0, 0.1) is 0 Å². The first kappa shape index (κ1) is 18.9. The van der Waals surface area contributed by atoms with Crippen molar-refractivity contribution in [1.82, 2.24) is 10.2 Å². The Labute approximate surface area is 160 Å². The maximum atomic E-state index is 12.2. The summed E-state index contributed by atoms with van der Waals surface area (Å²) in [4.78, 5) is 16.4. The van der Waals surface area contributed by atoms with Gasteiger partial charge in [0.2, 0.25) is 0 Å². The number of nitrogen functional groups attached to an aromatic ring is 1. The van der Waals surface area contributed by atoms with E-state index in [0.29, 0.717) is 29.9 Å². The molecule has 0 fully saturated rings. The molecular weight excluding hydrogens is 342 g/mol. The summed E-state index contributed by atoms with van der Waals surface area (Å²) in [7, 11) is 0. The Kier molecular flexibility index (Phi) is 6.33. The van der Waals surface area contributed by atoms with Crippen molar-refractivity contribution in [1.29, 1.82) is 0 Å². The second kappa shape index (κ2) is 8.69. The lowest BCUT2D eigenvalue weighted by atomic mass is 9.92. The third-order valence-electron chi connectivity index (χ3n) is 5.26. The number of thiophene rings is 1. The first-order valence-electron chi connectivity index (χ1n) is 9.56. The van der Waals surface area contributed by atoms with Crippen LogP contribution < -0.4 is 11.1 Å². The zero-order valence-electron chi connectivity index (χ0n) is 15.7. The second-order valence-corrected chi connectivity index (χ2v) is 8.05. The zero-order valence-corrected chi connectivity index (χ0v) is 16.5. The Morgan fingerprint density at radius 3 is 2.81 bits per heavy atom. The van der Waals surface area contributed by atoms with E-state index in [2.05, 4.69) is 35.5 Å². The number of carbonyl (C=O) groups excluding carboxylic acids is 1. The molecule has 26 heavy (non-hydrogen) atoms. The van der Waals surface area contributed by atoms with Crippen molar-refractivity contribution >= 4 is 22.9 Å². The van der Waals surface area contributed by atoms with Gasteiger partial charge in [-0.2, -0.15) is 0 Å². The zero-order chi connectivity index (χ0) is 18.5. The van der Waals surface area contributed by atoms with E-state index in [1.807, 2.05) is 11.3 Å². The highest BCUT2D eigenvalue weighted by Gasteiger charge is 2.31. The van der Waals surface area contributed by atoms with E-state index in [0.717, 1.165) is 19.4 Å². The van der Waals surface area contributed by atoms with Gasteiger partial charge in [0.15, 0.2) is 0 Å². The third-order valence-corrected chi connectivity index (χ3v) is 6.39. The fourth-order valence-electron chi connectivity index (χ4n) is 3.90. The van der Waals surface area contributed by atoms with Crippen LogP contribution in [0.3, 0.4) is 0 Å². The number of hydrogen-bond acceptors (Lipinski definition) is 4. The predicted molar refractivity (Wildman–Crippen MR) is 110 cm³/mol. The van der Waals surface area contributed by atoms with E-state index in [1.165, 1.54) is 23.3 Å². The number of nitrogens with zero attached hydrogens (tertiary/aromatic N) is 1. The van der Waals surface area contributed by atoms with Gasteiger partial charge in [-0.3, -0.25) is 9.69 Å². The molecule has 1 aromatic carbocycles. The van der Waals surface area contributed by atoms with Crippen LogP contribution in [0.5, 0.6) is 0 Å². The van der Waals surface area contributed by atoms with Gasteiger partial charge >= 0.3 is 0 Å². The van der Waals surface area contributed by atoms with Crippen LogP contribution >= 0.6 is 11.3 Å². The number of benzene rings is 1. The van der Waals surface area contributed by atoms with Crippen LogP contribution in [-0.4, -0.2) is 29.9 Å². The SMILES string of the molecule is CCCC1Cc2ccsc2C(C)N1CCCNC(=O)c1ccc(N)cc1. The minimum atomic E-state index is -0.0256. The summed E-state index contributed by atoms with van der Waals surface area (Å²) in [6, 6.07) is 10.5. The first-order valence-corrected chi connectivity index (χ1v) is 10.4. The maximum Gasteiger partial charge on any atom is 0.251 e. The standard InChI is InChI=1S/C21H29N3OS/c1-3-5-19-14-17-10-13-26-20(17)15(2)24(19)12-4-11-23-21(25)16-6-8-18(22)9-7-16/h6-10,13,15,19H,3-5,11-12,14,22H2,1-2H3,(H,23,25). The normalized spacial score (nSPS) is 19.9. The maximum absolute atomic E-state index is 12.2. The molecule has 0 aliphatic carbocycles. The first-order chi connectivity index (χ1) is 12.6. The third kappa shape index (κ3) is 4.27. The van der Waals surface area contributed by atoms with Crippen LogP contribution in [-0.2, 0) is 6.42 Å². The Hall–Kier alpha value is -1.85. The molecule has 0 bridgehead atoms. The van der Waals surface area contributed by atoms with Crippen molar-refractivity contribution < 1.29 is 4.79 Å². The molecule has 4 nitrogen and oxygen atoms in total. The molecule has 0 saturated carbocycles. The van der Waals surface area contributed by atoms with Crippen LogP contribution in [0.25, 0.3) is 0 Å². The lowest BCUT2D eigenvalue weighted by molar-refractivity contribution is 0.0942. The van der Waals surface area contributed by atoms with Crippen molar-refractivity contribution in [2.24, 2.45) is 0 Å². The molecule has 0 saturated heterocycles. The molecule has 5 heteroatoms. The summed E-state index contributed by atoms with van der Waals surface area (Å²) in [5, 5.41) is 5.25. The number of amides is 1. The molecule has 1 aliphatic heterocycles. The van der Waals surface area contributed by atoms with Crippen molar-refractivity contribution in [3.63, 3.8) is 0 Å². The van der Waals surface area contributed by atoms with E-state index < -0.39 is 0 Å². The molecule has 0 spiro atoms. The topological polar surface area (TPSA) is 58.4 Å². The van der Waals surface area contributed by atoms with Crippen LogP contribution in [0.1, 0.15) is 60.0 Å². The molecule has 2 unspecified atom stereocenters. The summed E-state index contributed by atoms with van der Waals surface area (Å²) >= 11 is 1.88. The highest BCUT2D eigenvalue weighted by Crippen LogP contribution is 2.37. The number of fused-ring (bicyclic) bond motifs is 1. The Balaban J connectivity index is 1.52. The molecule has 1 aromatic heterocycles. The highest BCUT2D eigenvalue weighted by atomic mass is 32.1. The Morgan fingerprint density at radius 1 is 1.31 bits per heavy atom. The monoisotopic (exact) mass is 371 g/mol. The van der Waals surface area contributed by atoms with Gasteiger partial charge in [-0.1, -0.05) is 13.3 Å². The summed E-state index contributed by atoms with van der Waals surface area (Å²) in [5.41, 5.74) is 8.55. The fraction of sp³-hybridized carbons (Fsp3) is 0.476. The number of rotatable bonds is 7. The molecule has 0 radical (unpaired) electrons. The predicted octanol–water partition coefficient (Wildman–Crippen LogP) is 4.24. The van der Waals surface area contributed by atoms with Gasteiger partial charge in [0, 0.05) is 41.3 Å². The van der Waals surface area contributed by atoms with E-state index in [9.17, 15) is 4.79 Å². The van der Waals surface area contributed by atoms with Gasteiger partial charge in [0.1, 0.15) is 0 Å². The molecular formula is C21H29N3OS. The van der Waals surface area contributed by atoms with Crippen molar-refractivity contribution in [3.05, 3.63) is 51.7 Å². The lowest BCUT2D eigenvalue weighted by Crippen LogP contribution is -2.43. The molecule has 3 rings (SSSR count). The van der Waals surface area contributed by atoms with Crippen molar-refractivity contribution in [2.45, 2.75) is 51.6 Å². The number of nitrogens with one attached hydrogen (secondary N) is 1. The Bertz CT molecular complexity index is 725. The van der Waals surface area contributed by atoms with Gasteiger partial charge in [-0.05, 0) is 67.5 Å². The smallest absolute Gasteiger partial charge is 0.251 e. The quantitative estimate of drug-likeness (QED) is 0.565. The van der Waals surface area contributed by atoms with Gasteiger partial charge < -0.3 is 11.1 Å². The summed E-state index contributed by atoms with van der Waals surface area (Å²) in [5.74, 6) is -0.0256. The highest BCUT2D eigenvalue weighted by molar-refractivity contribution is 7.10. The Morgan fingerprint density at radius 2 is 2.08 bits per heavy atom. The minimum absolute atomic E-state index is 0.0256. The largest absolute Gasteiger partial charge is 0.399 e. The average Bonchev–Trinajstić information content (AvgIpc) is 3.10. The number of anilines is 1. The van der Waals surface area contributed by atoms with E-state index in [4.69, 9.17) is 5.73 Å². The van der Waals surface area contributed by atoms with Crippen LogP contribution in [0.2, 0.25) is 0 Å². The molecule has 2 aromatic rings. The lowest BCUT2D eigenvalue weighted by Gasteiger charge is -2.40. The molecule has 2 heterocycles. The number of nitrogens with two attached hydrogens (primary N) is 1. The van der Waals surface area contributed by atoms with Gasteiger partial charge in [-0.15, -0.1) is 11.3 Å². The van der Waals surface area contributed by atoms with Crippen molar-refractivity contribution in [3.8, 4) is 0 Å². The molecule has 1 aliphatic rings. The van der Waals surface area contributed by atoms with Crippen LogP contribution in [0.15, 0.2) is 35.7 Å². The summed E-state index contributed by atoms with van der Waals surface area (Å²) in [6.45, 7) is 6.30. The number of hydrogen-bond donors (Lipinski definition) is 2. The minimum Gasteiger partial charge on any atom is -0.399 e. The van der Waals surface area contributed by atoms with E-state index >= 15 is 0 Å². The average molecular weight is 372 g/mol. The number of carbonyl (C=O) groups is 1. The van der Waals surface area contributed by atoms with Crippen LogP contribution in [0.4, 0.5) is 5.69 Å². The van der Waals surface area contributed by atoms with Crippen molar-refractivity contribution in [2.75, 3.05) is 18.8 Å². The van der Waals surface area contributed by atoms with Gasteiger partial charge in [0.25, 0.3) is 5.91 Å². The molecule has 1 amide bonds. The second-order valence-electron chi connectivity index (χ2n) is 7.10. The molecule has 2 atom stereocenters. The fourth-order valence-corrected chi connectivity index (χ4v) is 4.91. The summed E-state index contributed by atoms with van der Waals surface area (Å²) in [6.07, 6.45) is 4.57.